The molecule has 3 rings (SSSR count). The summed E-state index contributed by atoms with van der Waals surface area (Å²) in [6.45, 7) is 1.80. The molecule has 33 heavy (non-hydrogen) atoms. The van der Waals surface area contributed by atoms with Crippen molar-refractivity contribution in [2.24, 2.45) is 5.10 Å². The summed E-state index contributed by atoms with van der Waals surface area (Å²) < 4.78 is 92.7. The molecule has 0 radical (unpaired) electrons. The largest absolute Gasteiger partial charge is 0.416 e. The van der Waals surface area contributed by atoms with Crippen LogP contribution in [0.5, 0.6) is 5.75 Å². The second kappa shape index (κ2) is 9.24. The summed E-state index contributed by atoms with van der Waals surface area (Å²) in [4.78, 5) is 1.52. The number of sulfonamides is 1. The number of hydrogen-bond acceptors (Lipinski definition) is 6. The van der Waals surface area contributed by atoms with Crippen molar-refractivity contribution in [3.63, 3.8) is 0 Å². The SMILES string of the molecule is Cc1ccc(S(=O)(=O)NN=Cc2ccccc2OS(=O)(=O)c2ccc(C(F)(F)F)cc2)cc1. The molecule has 12 heteroatoms. The molecule has 0 saturated heterocycles. The minimum Gasteiger partial charge on any atom is -0.378 e. The lowest BCUT2D eigenvalue weighted by atomic mass is 10.2. The first-order valence-corrected chi connectivity index (χ1v) is 12.1. The number of hydrazone groups is 1. The lowest BCUT2D eigenvalue weighted by Gasteiger charge is -2.11. The number of benzene rings is 3. The molecule has 0 heterocycles. The summed E-state index contributed by atoms with van der Waals surface area (Å²) in [7, 11) is -8.42. The number of hydrogen-bond donors (Lipinski definition) is 1. The third-order valence-electron chi connectivity index (χ3n) is 4.30. The van der Waals surface area contributed by atoms with Crippen LogP contribution in [0.1, 0.15) is 16.7 Å². The third-order valence-corrected chi connectivity index (χ3v) is 6.78. The van der Waals surface area contributed by atoms with Gasteiger partial charge in [-0.15, -0.1) is 0 Å². The summed E-state index contributed by atoms with van der Waals surface area (Å²) in [5.74, 6) is -0.198. The van der Waals surface area contributed by atoms with Crippen molar-refractivity contribution in [3.05, 3.63) is 89.5 Å². The van der Waals surface area contributed by atoms with E-state index in [4.69, 9.17) is 4.18 Å². The zero-order valence-electron chi connectivity index (χ0n) is 16.9. The molecule has 0 aliphatic rings. The van der Waals surface area contributed by atoms with E-state index < -0.39 is 36.8 Å². The maximum atomic E-state index is 12.7. The Kier molecular flexibility index (Phi) is 6.79. The highest BCUT2D eigenvalue weighted by Crippen LogP contribution is 2.30. The van der Waals surface area contributed by atoms with Crippen LogP contribution in [0.25, 0.3) is 0 Å². The Hall–Kier alpha value is -3.38. The van der Waals surface area contributed by atoms with Crippen molar-refractivity contribution >= 4 is 26.4 Å². The number of alkyl halides is 3. The summed E-state index contributed by atoms with van der Waals surface area (Å²) in [6.07, 6.45) is -3.57. The van der Waals surface area contributed by atoms with Crippen LogP contribution in [0.2, 0.25) is 0 Å². The van der Waals surface area contributed by atoms with Gasteiger partial charge in [-0.1, -0.05) is 29.8 Å². The Bertz CT molecular complexity index is 1370. The number of halogens is 3. The molecule has 0 aliphatic carbocycles. The smallest absolute Gasteiger partial charge is 0.378 e. The molecule has 0 amide bonds. The van der Waals surface area contributed by atoms with Crippen LogP contribution in [-0.4, -0.2) is 23.1 Å². The Balaban J connectivity index is 1.79. The molecular weight excluding hydrogens is 481 g/mol. The summed E-state index contributed by atoms with van der Waals surface area (Å²) in [5, 5.41) is 3.65. The predicted molar refractivity (Wildman–Crippen MR) is 115 cm³/mol. The van der Waals surface area contributed by atoms with Gasteiger partial charge in [0.05, 0.1) is 16.7 Å². The van der Waals surface area contributed by atoms with Gasteiger partial charge < -0.3 is 4.18 Å². The van der Waals surface area contributed by atoms with E-state index in [2.05, 4.69) is 5.10 Å². The first-order chi connectivity index (χ1) is 15.4. The first-order valence-electron chi connectivity index (χ1n) is 9.21. The second-order valence-electron chi connectivity index (χ2n) is 6.76. The van der Waals surface area contributed by atoms with Crippen molar-refractivity contribution in [2.75, 3.05) is 0 Å². The maximum absolute atomic E-state index is 12.7. The predicted octanol–water partition coefficient (Wildman–Crippen LogP) is 4.09. The zero-order chi connectivity index (χ0) is 24.3. The Morgan fingerprint density at radius 3 is 2.03 bits per heavy atom. The Morgan fingerprint density at radius 1 is 0.848 bits per heavy atom. The van der Waals surface area contributed by atoms with Gasteiger partial charge in [0.25, 0.3) is 10.0 Å². The van der Waals surface area contributed by atoms with Crippen LogP contribution in [0, 0.1) is 6.92 Å². The van der Waals surface area contributed by atoms with E-state index in [1.807, 2.05) is 4.83 Å². The molecule has 1 N–H and O–H groups in total. The fraction of sp³-hybridized carbons (Fsp3) is 0.0952. The highest BCUT2D eigenvalue weighted by Gasteiger charge is 2.31. The molecule has 0 aromatic heterocycles. The standard InChI is InChI=1S/C21H17F3N2O5S2/c1-15-6-10-18(11-7-15)32(27,28)26-25-14-16-4-2-3-5-20(16)31-33(29,30)19-12-8-17(9-13-19)21(22,23)24/h2-14,26H,1H3. The maximum Gasteiger partial charge on any atom is 0.416 e. The van der Waals surface area contributed by atoms with E-state index in [1.54, 1.807) is 19.1 Å². The van der Waals surface area contributed by atoms with Gasteiger partial charge in [-0.25, -0.2) is 4.83 Å². The topological polar surface area (TPSA) is 102 Å². The fourth-order valence-electron chi connectivity index (χ4n) is 2.58. The average Bonchev–Trinajstić information content (AvgIpc) is 2.74. The molecule has 0 atom stereocenters. The summed E-state index contributed by atoms with van der Waals surface area (Å²) in [6, 6.07) is 14.6. The molecule has 174 valence electrons. The van der Waals surface area contributed by atoms with E-state index in [1.165, 1.54) is 36.4 Å². The van der Waals surface area contributed by atoms with Crippen LogP contribution in [0.3, 0.4) is 0 Å². The number of rotatable bonds is 7. The number of para-hydroxylation sites is 1. The third kappa shape index (κ3) is 6.11. The van der Waals surface area contributed by atoms with Crippen LogP contribution in [0.15, 0.2) is 87.7 Å². The van der Waals surface area contributed by atoms with Crippen molar-refractivity contribution in [2.45, 2.75) is 22.9 Å². The molecule has 3 aromatic carbocycles. The van der Waals surface area contributed by atoms with Crippen LogP contribution >= 0.6 is 0 Å². The van der Waals surface area contributed by atoms with E-state index in [-0.39, 0.29) is 16.2 Å². The summed E-state index contributed by atoms with van der Waals surface area (Å²) >= 11 is 0. The van der Waals surface area contributed by atoms with Crippen LogP contribution < -0.4 is 9.01 Å². The molecule has 0 saturated carbocycles. The van der Waals surface area contributed by atoms with Crippen molar-refractivity contribution in [3.8, 4) is 5.75 Å². The molecule has 0 unspecified atom stereocenters. The molecular formula is C21H17F3N2O5S2. The summed E-state index contributed by atoms with van der Waals surface area (Å²) in [5.41, 5.74) is -0.0211. The normalized spacial score (nSPS) is 12.6. The van der Waals surface area contributed by atoms with Gasteiger partial charge in [0, 0.05) is 5.56 Å². The van der Waals surface area contributed by atoms with E-state index in [9.17, 15) is 30.0 Å². The first kappa shape index (κ1) is 24.3. The van der Waals surface area contributed by atoms with Crippen LogP contribution in [-0.2, 0) is 26.3 Å². The number of nitrogens with zero attached hydrogens (tertiary/aromatic N) is 1. The lowest BCUT2D eigenvalue weighted by molar-refractivity contribution is -0.137. The van der Waals surface area contributed by atoms with E-state index in [0.29, 0.717) is 12.1 Å². The average molecular weight is 499 g/mol. The zero-order valence-corrected chi connectivity index (χ0v) is 18.6. The molecule has 0 aliphatic heterocycles. The van der Waals surface area contributed by atoms with Gasteiger partial charge in [-0.2, -0.15) is 35.1 Å². The lowest BCUT2D eigenvalue weighted by Crippen LogP contribution is -2.18. The van der Waals surface area contributed by atoms with E-state index >= 15 is 0 Å². The number of nitrogens with one attached hydrogen (secondary N) is 1. The highest BCUT2D eigenvalue weighted by molar-refractivity contribution is 7.89. The monoisotopic (exact) mass is 498 g/mol. The van der Waals surface area contributed by atoms with Crippen molar-refractivity contribution < 1.29 is 34.2 Å². The van der Waals surface area contributed by atoms with Gasteiger partial charge >= 0.3 is 16.3 Å². The molecule has 0 fully saturated rings. The number of aryl methyl sites for hydroxylation is 1. The molecule has 7 nitrogen and oxygen atoms in total. The van der Waals surface area contributed by atoms with Crippen molar-refractivity contribution in [1.29, 1.82) is 0 Å². The van der Waals surface area contributed by atoms with Crippen LogP contribution in [0.4, 0.5) is 13.2 Å². The highest BCUT2D eigenvalue weighted by atomic mass is 32.2. The second-order valence-corrected chi connectivity index (χ2v) is 9.97. The Labute approximate surface area is 188 Å². The van der Waals surface area contributed by atoms with Gasteiger partial charge in [-0.3, -0.25) is 0 Å². The minimum atomic E-state index is -4.61. The molecule has 0 bridgehead atoms. The van der Waals surface area contributed by atoms with Crippen molar-refractivity contribution in [1.82, 2.24) is 4.83 Å². The fourth-order valence-corrected chi connectivity index (χ4v) is 4.32. The molecule has 3 aromatic rings. The van der Waals surface area contributed by atoms with E-state index in [0.717, 1.165) is 23.9 Å². The quantitative estimate of drug-likeness (QED) is 0.300. The molecule has 0 spiro atoms. The van der Waals surface area contributed by atoms with Gasteiger partial charge in [0.1, 0.15) is 4.90 Å². The van der Waals surface area contributed by atoms with Gasteiger partial charge in [0.2, 0.25) is 0 Å². The van der Waals surface area contributed by atoms with Gasteiger partial charge in [-0.05, 0) is 55.5 Å². The Morgan fingerprint density at radius 2 is 1.42 bits per heavy atom. The minimum absolute atomic E-state index is 0.0142. The van der Waals surface area contributed by atoms with Gasteiger partial charge in [0.15, 0.2) is 5.75 Å².